The topological polar surface area (TPSA) is 35.5 Å². The van der Waals surface area contributed by atoms with Gasteiger partial charge in [0.1, 0.15) is 6.29 Å². The van der Waals surface area contributed by atoms with Crippen LogP contribution in [-0.4, -0.2) is 36.1 Å². The van der Waals surface area contributed by atoms with Gasteiger partial charge in [-0.05, 0) is 61.9 Å². The molecular formula is C20H44O3Si2. The molecule has 0 radical (unpaired) electrons. The number of carbonyl (C=O) groups is 1. The molecule has 0 amide bonds. The van der Waals surface area contributed by atoms with Crippen molar-refractivity contribution in [2.45, 2.75) is 103 Å². The minimum Gasteiger partial charge on any atom is -0.417 e. The van der Waals surface area contributed by atoms with E-state index < -0.39 is 16.6 Å². The molecule has 25 heavy (non-hydrogen) atoms. The van der Waals surface area contributed by atoms with E-state index in [0.717, 1.165) is 45.2 Å². The van der Waals surface area contributed by atoms with E-state index >= 15 is 0 Å². The highest BCUT2D eigenvalue weighted by Gasteiger charge is 2.37. The summed E-state index contributed by atoms with van der Waals surface area (Å²) >= 11 is 0. The number of rotatable bonds is 11. The average molecular weight is 389 g/mol. The third-order valence-corrected chi connectivity index (χ3v) is 15.2. The second-order valence-electron chi connectivity index (χ2n) is 10.4. The predicted octanol–water partition coefficient (Wildman–Crippen LogP) is 6.41. The highest BCUT2D eigenvalue weighted by atomic mass is 28.4. The summed E-state index contributed by atoms with van der Waals surface area (Å²) in [5, 5.41) is 0.496. The Hall–Kier alpha value is 0.0238. The molecule has 0 aromatic heterocycles. The maximum absolute atomic E-state index is 11.3. The highest BCUT2D eigenvalue weighted by molar-refractivity contribution is 6.74. The standard InChI is InChI=1S/C20H44O3Si2/c1-19(2,3)24(7,8)22-15-11-13-18(17-21)14-12-16-23-25(9,10)20(4,5)6/h17-18H,11-16H2,1-10H3. The van der Waals surface area contributed by atoms with Crippen LogP contribution in [0.5, 0.6) is 0 Å². The molecule has 0 atom stereocenters. The molecule has 0 aromatic rings. The molecular weight excluding hydrogens is 344 g/mol. The van der Waals surface area contributed by atoms with E-state index in [0.29, 0.717) is 0 Å². The maximum atomic E-state index is 11.3. The minimum atomic E-state index is -1.66. The third-order valence-electron chi connectivity index (χ3n) is 6.17. The Morgan fingerprint density at radius 3 is 1.32 bits per heavy atom. The molecule has 0 heterocycles. The van der Waals surface area contributed by atoms with Crippen molar-refractivity contribution in [3.05, 3.63) is 0 Å². The van der Waals surface area contributed by atoms with Crippen LogP contribution in [-0.2, 0) is 13.6 Å². The molecule has 0 aromatic carbocycles. The molecule has 0 saturated heterocycles. The Balaban J connectivity index is 4.08. The molecule has 0 saturated carbocycles. The first kappa shape index (κ1) is 25.0. The summed E-state index contributed by atoms with van der Waals surface area (Å²) in [6.07, 6.45) is 4.92. The van der Waals surface area contributed by atoms with Crippen LogP contribution in [0, 0.1) is 5.92 Å². The number of aldehydes is 1. The summed E-state index contributed by atoms with van der Waals surface area (Å²) in [5.41, 5.74) is 0. The van der Waals surface area contributed by atoms with Gasteiger partial charge in [-0.3, -0.25) is 0 Å². The van der Waals surface area contributed by atoms with Crippen LogP contribution in [0.15, 0.2) is 0 Å². The van der Waals surface area contributed by atoms with Gasteiger partial charge in [0, 0.05) is 19.1 Å². The predicted molar refractivity (Wildman–Crippen MR) is 114 cm³/mol. The van der Waals surface area contributed by atoms with Crippen molar-refractivity contribution in [2.24, 2.45) is 5.92 Å². The Kier molecular flexibility index (Phi) is 9.82. The lowest BCUT2D eigenvalue weighted by Crippen LogP contribution is -2.41. The summed E-state index contributed by atoms with van der Waals surface area (Å²) < 4.78 is 12.4. The first-order chi connectivity index (χ1) is 11.1. The highest BCUT2D eigenvalue weighted by Crippen LogP contribution is 2.37. The first-order valence-electron chi connectivity index (χ1n) is 9.87. The van der Waals surface area contributed by atoms with Crippen LogP contribution in [0.4, 0.5) is 0 Å². The van der Waals surface area contributed by atoms with Gasteiger partial charge < -0.3 is 13.6 Å². The van der Waals surface area contributed by atoms with Gasteiger partial charge in [-0.2, -0.15) is 0 Å². The van der Waals surface area contributed by atoms with E-state index in [1.165, 1.54) is 0 Å². The fourth-order valence-electron chi connectivity index (χ4n) is 2.06. The average Bonchev–Trinajstić information content (AvgIpc) is 2.43. The van der Waals surface area contributed by atoms with Gasteiger partial charge >= 0.3 is 0 Å². The number of hydrogen-bond donors (Lipinski definition) is 0. The molecule has 5 heteroatoms. The van der Waals surface area contributed by atoms with E-state index in [-0.39, 0.29) is 16.0 Å². The molecule has 0 spiro atoms. The summed E-state index contributed by atoms with van der Waals surface area (Å²) in [4.78, 5) is 11.3. The van der Waals surface area contributed by atoms with Crippen LogP contribution < -0.4 is 0 Å². The van der Waals surface area contributed by atoms with Crippen molar-refractivity contribution in [1.29, 1.82) is 0 Å². The third kappa shape index (κ3) is 8.98. The van der Waals surface area contributed by atoms with Crippen LogP contribution >= 0.6 is 0 Å². The van der Waals surface area contributed by atoms with Gasteiger partial charge in [-0.1, -0.05) is 41.5 Å². The van der Waals surface area contributed by atoms with Crippen LogP contribution in [0.2, 0.25) is 36.3 Å². The fourth-order valence-corrected chi connectivity index (χ4v) is 4.23. The molecule has 3 nitrogen and oxygen atoms in total. The van der Waals surface area contributed by atoms with Crippen molar-refractivity contribution in [2.75, 3.05) is 13.2 Å². The van der Waals surface area contributed by atoms with Crippen molar-refractivity contribution in [3.8, 4) is 0 Å². The van der Waals surface area contributed by atoms with E-state index in [9.17, 15) is 4.79 Å². The lowest BCUT2D eigenvalue weighted by molar-refractivity contribution is -0.111. The molecule has 0 unspecified atom stereocenters. The van der Waals surface area contributed by atoms with Crippen molar-refractivity contribution in [3.63, 3.8) is 0 Å². The molecule has 150 valence electrons. The van der Waals surface area contributed by atoms with E-state index in [1.807, 2.05) is 0 Å². The molecule has 0 aliphatic rings. The van der Waals surface area contributed by atoms with Gasteiger partial charge in [-0.15, -0.1) is 0 Å². The number of carbonyl (C=O) groups excluding carboxylic acids is 1. The van der Waals surface area contributed by atoms with E-state index in [2.05, 4.69) is 67.7 Å². The molecule has 0 N–H and O–H groups in total. The van der Waals surface area contributed by atoms with Crippen molar-refractivity contribution in [1.82, 2.24) is 0 Å². The zero-order valence-corrected chi connectivity index (χ0v) is 20.6. The van der Waals surface area contributed by atoms with E-state index in [1.54, 1.807) is 0 Å². The van der Waals surface area contributed by atoms with E-state index in [4.69, 9.17) is 8.85 Å². The second-order valence-corrected chi connectivity index (χ2v) is 20.0. The Morgan fingerprint density at radius 2 is 1.08 bits per heavy atom. The summed E-state index contributed by atoms with van der Waals surface area (Å²) in [7, 11) is -3.32. The van der Waals surface area contributed by atoms with Crippen molar-refractivity contribution >= 4 is 22.9 Å². The van der Waals surface area contributed by atoms with Gasteiger partial charge in [0.05, 0.1) is 0 Å². The molecule has 0 fully saturated rings. The molecule has 0 aliphatic heterocycles. The minimum absolute atomic E-state index is 0.144. The Labute approximate surface area is 159 Å². The van der Waals surface area contributed by atoms with Crippen LogP contribution in [0.1, 0.15) is 67.2 Å². The van der Waals surface area contributed by atoms with Crippen molar-refractivity contribution < 1.29 is 13.6 Å². The fraction of sp³-hybridized carbons (Fsp3) is 0.950. The van der Waals surface area contributed by atoms with Gasteiger partial charge in [0.2, 0.25) is 0 Å². The second kappa shape index (κ2) is 9.81. The lowest BCUT2D eigenvalue weighted by atomic mass is 10.00. The summed E-state index contributed by atoms with van der Waals surface area (Å²) in [6.45, 7) is 24.2. The summed E-state index contributed by atoms with van der Waals surface area (Å²) in [5.74, 6) is 0.144. The SMILES string of the molecule is CC(C)(C)[Si](C)(C)OCCCC(C=O)CCCO[Si](C)(C)C(C)(C)C. The Bertz CT molecular complexity index is 359. The van der Waals surface area contributed by atoms with Crippen LogP contribution in [0.25, 0.3) is 0 Å². The molecule has 0 rings (SSSR count). The zero-order chi connectivity index (χ0) is 19.9. The monoisotopic (exact) mass is 388 g/mol. The quantitative estimate of drug-likeness (QED) is 0.233. The van der Waals surface area contributed by atoms with Crippen LogP contribution in [0.3, 0.4) is 0 Å². The largest absolute Gasteiger partial charge is 0.417 e. The van der Waals surface area contributed by atoms with Gasteiger partial charge in [-0.25, -0.2) is 0 Å². The molecule has 0 aliphatic carbocycles. The summed E-state index contributed by atoms with van der Waals surface area (Å²) in [6, 6.07) is 0. The lowest BCUT2D eigenvalue weighted by Gasteiger charge is -2.36. The Morgan fingerprint density at radius 1 is 0.760 bits per heavy atom. The van der Waals surface area contributed by atoms with Gasteiger partial charge in [0.15, 0.2) is 16.6 Å². The smallest absolute Gasteiger partial charge is 0.191 e. The van der Waals surface area contributed by atoms with Gasteiger partial charge in [0.25, 0.3) is 0 Å². The normalized spacial score (nSPS) is 14.2. The molecule has 0 bridgehead atoms. The number of hydrogen-bond acceptors (Lipinski definition) is 3. The first-order valence-corrected chi connectivity index (χ1v) is 15.7. The zero-order valence-electron chi connectivity index (χ0n) is 18.6. The maximum Gasteiger partial charge on any atom is 0.191 e.